The third-order valence-electron chi connectivity index (χ3n) is 5.67. The van der Waals surface area contributed by atoms with Gasteiger partial charge in [-0.05, 0) is 88.9 Å². The van der Waals surface area contributed by atoms with Crippen molar-refractivity contribution in [2.45, 2.75) is 72.5 Å². The highest BCUT2D eigenvalue weighted by atomic mass is 35.5. The summed E-state index contributed by atoms with van der Waals surface area (Å²) >= 11 is 12.4. The molecule has 1 atom stereocenters. The van der Waals surface area contributed by atoms with Crippen molar-refractivity contribution in [2.75, 3.05) is 17.1 Å². The van der Waals surface area contributed by atoms with Gasteiger partial charge in [0.2, 0.25) is 21.8 Å². The van der Waals surface area contributed by atoms with Crippen molar-refractivity contribution >= 4 is 50.7 Å². The van der Waals surface area contributed by atoms with Crippen LogP contribution in [0.25, 0.3) is 0 Å². The molecule has 1 unspecified atom stereocenters. The normalized spacial score (nSPS) is 12.7. The number of anilines is 1. The molecule has 0 aliphatic rings. The van der Waals surface area contributed by atoms with Gasteiger partial charge in [-0.2, -0.15) is 0 Å². The number of nitrogens with one attached hydrogen (secondary N) is 1. The second-order valence-corrected chi connectivity index (χ2v) is 13.2. The van der Waals surface area contributed by atoms with E-state index in [1.54, 1.807) is 25.1 Å². The van der Waals surface area contributed by atoms with E-state index in [1.165, 1.54) is 9.21 Å². The Morgan fingerprint density at radius 1 is 1.03 bits per heavy atom. The number of rotatable bonds is 10. The van der Waals surface area contributed by atoms with Gasteiger partial charge in [0.25, 0.3) is 0 Å². The average molecular weight is 571 g/mol. The van der Waals surface area contributed by atoms with Crippen LogP contribution in [0.1, 0.15) is 57.2 Å². The number of sulfonamides is 1. The Morgan fingerprint density at radius 3 is 2.14 bits per heavy atom. The molecule has 0 radical (unpaired) electrons. The number of carbonyl (C=O) groups excluding carboxylic acids is 2. The van der Waals surface area contributed by atoms with Crippen molar-refractivity contribution in [3.8, 4) is 0 Å². The summed E-state index contributed by atoms with van der Waals surface area (Å²) in [6.07, 6.45) is 1.48. The molecular formula is C27H37Cl2N3O4S. The molecule has 0 saturated carbocycles. The summed E-state index contributed by atoms with van der Waals surface area (Å²) in [5, 5.41) is 3.78. The third kappa shape index (κ3) is 9.51. The van der Waals surface area contributed by atoms with Gasteiger partial charge < -0.3 is 10.2 Å². The lowest BCUT2D eigenvalue weighted by Crippen LogP contribution is -2.52. The summed E-state index contributed by atoms with van der Waals surface area (Å²) in [5.41, 5.74) is 2.65. The zero-order chi connectivity index (χ0) is 28.1. The molecule has 0 aliphatic carbocycles. The molecule has 1 N–H and O–H groups in total. The fourth-order valence-electron chi connectivity index (χ4n) is 3.99. The minimum absolute atomic E-state index is 0.0508. The SMILES string of the molecule is Cc1cc(C)cc(N(CCCC(=O)N(Cc2ccc(Cl)cc2Cl)C(C)C(=O)NC(C)(C)C)S(C)(=O)=O)c1. The molecule has 2 amide bonds. The van der Waals surface area contributed by atoms with Crippen LogP contribution in [0.5, 0.6) is 0 Å². The molecule has 0 fully saturated rings. The van der Waals surface area contributed by atoms with E-state index in [4.69, 9.17) is 23.2 Å². The Labute approximate surface area is 231 Å². The fourth-order valence-corrected chi connectivity index (χ4v) is 5.41. The van der Waals surface area contributed by atoms with E-state index in [0.717, 1.165) is 17.4 Å². The Bertz CT molecular complexity index is 1220. The quantitative estimate of drug-likeness (QED) is 0.410. The highest BCUT2D eigenvalue weighted by molar-refractivity contribution is 7.92. The van der Waals surface area contributed by atoms with E-state index in [2.05, 4.69) is 5.32 Å². The second kappa shape index (κ2) is 12.5. The molecular weight excluding hydrogens is 533 g/mol. The monoisotopic (exact) mass is 569 g/mol. The number of benzene rings is 2. The molecule has 2 rings (SSSR count). The summed E-state index contributed by atoms with van der Waals surface area (Å²) in [5.74, 6) is -0.574. The van der Waals surface area contributed by atoms with Crippen LogP contribution in [0.3, 0.4) is 0 Å². The molecule has 0 aliphatic heterocycles. The van der Waals surface area contributed by atoms with E-state index in [1.807, 2.05) is 52.8 Å². The fraction of sp³-hybridized carbons (Fsp3) is 0.481. The van der Waals surface area contributed by atoms with Crippen molar-refractivity contribution in [3.63, 3.8) is 0 Å². The zero-order valence-corrected chi connectivity index (χ0v) is 24.9. The number of hydrogen-bond acceptors (Lipinski definition) is 4. The smallest absolute Gasteiger partial charge is 0.242 e. The van der Waals surface area contributed by atoms with Crippen LogP contribution in [-0.2, 0) is 26.2 Å². The van der Waals surface area contributed by atoms with Gasteiger partial charge in [0, 0.05) is 35.1 Å². The van der Waals surface area contributed by atoms with E-state index in [9.17, 15) is 18.0 Å². The number of hydrogen-bond donors (Lipinski definition) is 1. The Morgan fingerprint density at radius 2 is 1.62 bits per heavy atom. The van der Waals surface area contributed by atoms with Crippen LogP contribution in [0.4, 0.5) is 5.69 Å². The van der Waals surface area contributed by atoms with Crippen LogP contribution < -0.4 is 9.62 Å². The van der Waals surface area contributed by atoms with Gasteiger partial charge in [0.05, 0.1) is 11.9 Å². The van der Waals surface area contributed by atoms with E-state index in [0.29, 0.717) is 21.3 Å². The Balaban J connectivity index is 2.25. The molecule has 0 saturated heterocycles. The minimum atomic E-state index is -3.56. The third-order valence-corrected chi connectivity index (χ3v) is 7.45. The van der Waals surface area contributed by atoms with Gasteiger partial charge in [-0.25, -0.2) is 8.42 Å². The molecule has 0 spiro atoms. The van der Waals surface area contributed by atoms with Crippen LogP contribution in [0.15, 0.2) is 36.4 Å². The predicted molar refractivity (Wildman–Crippen MR) is 152 cm³/mol. The summed E-state index contributed by atoms with van der Waals surface area (Å²) in [4.78, 5) is 27.8. The second-order valence-electron chi connectivity index (χ2n) is 10.5. The van der Waals surface area contributed by atoms with Crippen molar-refractivity contribution in [1.82, 2.24) is 10.2 Å². The molecule has 0 heterocycles. The Hall–Kier alpha value is -2.29. The molecule has 2 aromatic carbocycles. The lowest BCUT2D eigenvalue weighted by Gasteiger charge is -2.32. The molecule has 37 heavy (non-hydrogen) atoms. The first-order valence-corrected chi connectivity index (χ1v) is 14.7. The van der Waals surface area contributed by atoms with Gasteiger partial charge in [-0.15, -0.1) is 0 Å². The average Bonchev–Trinajstić information content (AvgIpc) is 2.72. The molecule has 0 bridgehead atoms. The first-order valence-electron chi connectivity index (χ1n) is 12.1. The molecule has 10 heteroatoms. The van der Waals surface area contributed by atoms with Crippen molar-refractivity contribution in [2.24, 2.45) is 0 Å². The number of amides is 2. The van der Waals surface area contributed by atoms with Gasteiger partial charge in [0.15, 0.2) is 0 Å². The molecule has 0 aromatic heterocycles. The number of carbonyl (C=O) groups is 2. The standard InChI is InChI=1S/C27H37Cl2N3O4S/c1-18-13-19(2)15-23(14-18)32(37(7,35)36)12-8-9-25(33)31(20(3)26(34)30-27(4,5)6)17-21-10-11-22(28)16-24(21)29/h10-11,13-16,20H,8-9,12,17H2,1-7H3,(H,30,34). The highest BCUT2D eigenvalue weighted by Gasteiger charge is 2.29. The molecule has 204 valence electrons. The largest absolute Gasteiger partial charge is 0.350 e. The maximum absolute atomic E-state index is 13.4. The van der Waals surface area contributed by atoms with E-state index < -0.39 is 21.6 Å². The predicted octanol–water partition coefficient (Wildman–Crippen LogP) is 5.49. The summed E-state index contributed by atoms with van der Waals surface area (Å²) < 4.78 is 26.4. The number of aryl methyl sites for hydroxylation is 2. The first kappa shape index (κ1) is 30.9. The summed E-state index contributed by atoms with van der Waals surface area (Å²) in [6, 6.07) is 9.81. The maximum atomic E-state index is 13.4. The topological polar surface area (TPSA) is 86.8 Å². The lowest BCUT2D eigenvalue weighted by molar-refractivity contribution is -0.141. The van der Waals surface area contributed by atoms with E-state index >= 15 is 0 Å². The minimum Gasteiger partial charge on any atom is -0.350 e. The Kier molecular flexibility index (Phi) is 10.5. The molecule has 2 aromatic rings. The number of halogens is 2. The highest BCUT2D eigenvalue weighted by Crippen LogP contribution is 2.25. The van der Waals surface area contributed by atoms with E-state index in [-0.39, 0.29) is 37.7 Å². The van der Waals surface area contributed by atoms with Crippen molar-refractivity contribution < 1.29 is 18.0 Å². The van der Waals surface area contributed by atoms with Crippen molar-refractivity contribution in [3.05, 3.63) is 63.1 Å². The van der Waals surface area contributed by atoms with Gasteiger partial charge >= 0.3 is 0 Å². The summed E-state index contributed by atoms with van der Waals surface area (Å²) in [6.45, 7) is 11.3. The van der Waals surface area contributed by atoms with Crippen LogP contribution in [-0.4, -0.2) is 49.5 Å². The molecule has 7 nitrogen and oxygen atoms in total. The van der Waals surface area contributed by atoms with Crippen LogP contribution >= 0.6 is 23.2 Å². The van der Waals surface area contributed by atoms with Crippen LogP contribution in [0, 0.1) is 13.8 Å². The maximum Gasteiger partial charge on any atom is 0.242 e. The number of nitrogens with zero attached hydrogens (tertiary/aromatic N) is 2. The lowest BCUT2D eigenvalue weighted by atomic mass is 10.1. The first-order chi connectivity index (χ1) is 17.0. The van der Waals surface area contributed by atoms with Gasteiger partial charge in [0.1, 0.15) is 6.04 Å². The van der Waals surface area contributed by atoms with Crippen molar-refractivity contribution in [1.29, 1.82) is 0 Å². The van der Waals surface area contributed by atoms with Gasteiger partial charge in [-0.3, -0.25) is 13.9 Å². The van der Waals surface area contributed by atoms with Gasteiger partial charge in [-0.1, -0.05) is 35.3 Å². The zero-order valence-electron chi connectivity index (χ0n) is 22.6. The van der Waals surface area contributed by atoms with Crippen LogP contribution in [0.2, 0.25) is 10.0 Å². The summed E-state index contributed by atoms with van der Waals surface area (Å²) in [7, 11) is -3.56.